The number of hydrogen-bond acceptors (Lipinski definition) is 6. The van der Waals surface area contributed by atoms with E-state index in [0.29, 0.717) is 23.5 Å². The SMILES string of the molecule is Cc1cc(-c2ncc(CC(C)C)cn2)[n-]n1.Cc1cc(-c2ncc(CC(C)C)cn2)[n-]n1.[Pt+2]. The van der Waals surface area contributed by atoms with Crippen molar-refractivity contribution in [3.63, 3.8) is 0 Å². The van der Waals surface area contributed by atoms with Gasteiger partial charge in [-0.1, -0.05) is 51.2 Å². The summed E-state index contributed by atoms with van der Waals surface area (Å²) in [5.74, 6) is 2.53. The Morgan fingerprint density at radius 2 is 0.970 bits per heavy atom. The van der Waals surface area contributed by atoms with Crippen LogP contribution in [0.1, 0.15) is 50.2 Å². The van der Waals surface area contributed by atoms with Crippen LogP contribution in [0.3, 0.4) is 0 Å². The Balaban J connectivity index is 0.000000227. The van der Waals surface area contributed by atoms with E-state index in [1.807, 2.05) is 50.8 Å². The molecule has 8 nitrogen and oxygen atoms in total. The summed E-state index contributed by atoms with van der Waals surface area (Å²) in [4.78, 5) is 17.2. The molecule has 0 aliphatic carbocycles. The van der Waals surface area contributed by atoms with Crippen molar-refractivity contribution in [2.24, 2.45) is 11.8 Å². The van der Waals surface area contributed by atoms with E-state index in [0.717, 1.165) is 46.7 Å². The Labute approximate surface area is 209 Å². The van der Waals surface area contributed by atoms with Gasteiger partial charge in [-0.15, -0.1) is 0 Å². The van der Waals surface area contributed by atoms with Gasteiger partial charge in [0, 0.05) is 36.2 Å². The Morgan fingerprint density at radius 1 is 0.636 bits per heavy atom. The number of nitrogens with zero attached hydrogens (tertiary/aromatic N) is 8. The van der Waals surface area contributed by atoms with Crippen molar-refractivity contribution in [1.29, 1.82) is 0 Å². The van der Waals surface area contributed by atoms with E-state index in [9.17, 15) is 0 Å². The van der Waals surface area contributed by atoms with Crippen LogP contribution >= 0.6 is 0 Å². The average Bonchev–Trinajstić information content (AvgIpc) is 3.37. The molecule has 0 N–H and O–H groups in total. The molecule has 0 radical (unpaired) electrons. The fourth-order valence-corrected chi connectivity index (χ4v) is 3.12. The molecular weight excluding hydrogens is 595 g/mol. The largest absolute Gasteiger partial charge is 2.00 e. The summed E-state index contributed by atoms with van der Waals surface area (Å²) in [5, 5.41) is 15.9. The molecule has 0 aliphatic rings. The molecule has 0 unspecified atom stereocenters. The first-order chi connectivity index (χ1) is 15.3. The van der Waals surface area contributed by atoms with Crippen LogP contribution in [0.5, 0.6) is 0 Å². The second-order valence-corrected chi connectivity index (χ2v) is 8.77. The second-order valence-electron chi connectivity index (χ2n) is 8.77. The van der Waals surface area contributed by atoms with Gasteiger partial charge in [-0.2, -0.15) is 0 Å². The topological polar surface area (TPSA) is 106 Å². The van der Waals surface area contributed by atoms with Crippen molar-refractivity contribution in [3.8, 4) is 23.0 Å². The quantitative estimate of drug-likeness (QED) is 0.317. The van der Waals surface area contributed by atoms with Crippen LogP contribution in [0, 0.1) is 25.7 Å². The van der Waals surface area contributed by atoms with E-state index < -0.39 is 0 Å². The summed E-state index contributed by atoms with van der Waals surface area (Å²) in [5.41, 5.74) is 5.60. The molecule has 0 atom stereocenters. The monoisotopic (exact) mass is 625 g/mol. The number of hydrogen-bond donors (Lipinski definition) is 0. The van der Waals surface area contributed by atoms with Crippen LogP contribution in [-0.2, 0) is 33.9 Å². The van der Waals surface area contributed by atoms with Gasteiger partial charge in [0.05, 0.1) is 0 Å². The first kappa shape index (κ1) is 26.5. The first-order valence-corrected chi connectivity index (χ1v) is 10.9. The smallest absolute Gasteiger partial charge is 0.572 e. The summed E-state index contributed by atoms with van der Waals surface area (Å²) in [6.07, 6.45) is 9.48. The second kappa shape index (κ2) is 12.5. The minimum atomic E-state index is 0. The summed E-state index contributed by atoms with van der Waals surface area (Å²) < 4.78 is 0. The molecule has 9 heteroatoms. The van der Waals surface area contributed by atoms with E-state index in [1.165, 1.54) is 0 Å². The van der Waals surface area contributed by atoms with Gasteiger partial charge in [-0.25, -0.2) is 19.9 Å². The molecular formula is C24H30N8Pt. The summed E-state index contributed by atoms with van der Waals surface area (Å²) in [6, 6.07) is 3.77. The molecule has 0 amide bonds. The van der Waals surface area contributed by atoms with Crippen LogP contribution in [-0.4, -0.2) is 30.1 Å². The standard InChI is InChI=1S/2C12H15N4.Pt/c2*1-8(2)4-10-6-13-12(14-7-10)11-5-9(3)15-16-11;/h2*5-8H,4H2,1-3H3;/q2*-1;+2. The van der Waals surface area contributed by atoms with Crippen molar-refractivity contribution in [2.45, 2.75) is 54.4 Å². The van der Waals surface area contributed by atoms with Gasteiger partial charge in [-0.3, -0.25) is 0 Å². The fraction of sp³-hybridized carbons (Fsp3) is 0.417. The van der Waals surface area contributed by atoms with Crippen molar-refractivity contribution in [3.05, 3.63) is 59.4 Å². The Kier molecular flexibility index (Phi) is 10.0. The molecule has 4 heterocycles. The normalized spacial score (nSPS) is 10.7. The van der Waals surface area contributed by atoms with Gasteiger partial charge in [0.25, 0.3) is 0 Å². The zero-order valence-electron chi connectivity index (χ0n) is 19.9. The third-order valence-electron chi connectivity index (χ3n) is 4.48. The molecule has 0 aliphatic heterocycles. The van der Waals surface area contributed by atoms with Crippen molar-refractivity contribution < 1.29 is 21.1 Å². The van der Waals surface area contributed by atoms with Crippen LogP contribution in [0.15, 0.2) is 36.9 Å². The van der Waals surface area contributed by atoms with Gasteiger partial charge >= 0.3 is 21.1 Å². The average molecular weight is 626 g/mol. The van der Waals surface area contributed by atoms with E-state index in [-0.39, 0.29) is 21.1 Å². The summed E-state index contributed by atoms with van der Waals surface area (Å²) >= 11 is 0. The Morgan fingerprint density at radius 3 is 1.21 bits per heavy atom. The van der Waals surface area contributed by atoms with Gasteiger partial charge in [0.2, 0.25) is 0 Å². The summed E-state index contributed by atoms with van der Waals surface area (Å²) in [6.45, 7) is 12.5. The molecule has 4 rings (SSSR count). The van der Waals surface area contributed by atoms with Crippen LogP contribution in [0.4, 0.5) is 0 Å². The molecule has 4 aromatic heterocycles. The molecule has 0 bridgehead atoms. The molecule has 33 heavy (non-hydrogen) atoms. The maximum Gasteiger partial charge on any atom is 2.00 e. The van der Waals surface area contributed by atoms with Gasteiger partial charge in [0.15, 0.2) is 0 Å². The van der Waals surface area contributed by atoms with Crippen molar-refractivity contribution >= 4 is 0 Å². The number of aryl methyl sites for hydroxylation is 2. The van der Waals surface area contributed by atoms with E-state index in [1.54, 1.807) is 0 Å². The predicted octanol–water partition coefficient (Wildman–Crippen LogP) is 4.00. The van der Waals surface area contributed by atoms with Crippen LogP contribution < -0.4 is 10.2 Å². The third-order valence-corrected chi connectivity index (χ3v) is 4.48. The van der Waals surface area contributed by atoms with Gasteiger partial charge < -0.3 is 20.4 Å². The minimum absolute atomic E-state index is 0. The van der Waals surface area contributed by atoms with Gasteiger partial charge in [0.1, 0.15) is 11.6 Å². The molecule has 0 fully saturated rings. The number of aromatic nitrogens is 8. The maximum absolute atomic E-state index is 4.30. The van der Waals surface area contributed by atoms with E-state index in [2.05, 4.69) is 68.0 Å². The van der Waals surface area contributed by atoms with Crippen LogP contribution in [0.25, 0.3) is 23.0 Å². The van der Waals surface area contributed by atoms with E-state index >= 15 is 0 Å². The minimum Gasteiger partial charge on any atom is -0.572 e. The maximum atomic E-state index is 4.30. The molecule has 0 spiro atoms. The number of rotatable bonds is 6. The Hall–Kier alpha value is -2.73. The molecule has 0 aromatic carbocycles. The predicted molar refractivity (Wildman–Crippen MR) is 124 cm³/mol. The summed E-state index contributed by atoms with van der Waals surface area (Å²) in [7, 11) is 0. The third kappa shape index (κ3) is 8.28. The Bertz CT molecular complexity index is 1010. The molecule has 0 saturated heterocycles. The zero-order chi connectivity index (χ0) is 23.1. The van der Waals surface area contributed by atoms with Crippen molar-refractivity contribution in [1.82, 2.24) is 40.3 Å². The first-order valence-electron chi connectivity index (χ1n) is 10.9. The zero-order valence-corrected chi connectivity index (χ0v) is 22.2. The van der Waals surface area contributed by atoms with Crippen molar-refractivity contribution in [2.75, 3.05) is 0 Å². The van der Waals surface area contributed by atoms with E-state index in [4.69, 9.17) is 0 Å². The van der Waals surface area contributed by atoms with Crippen LogP contribution in [0.2, 0.25) is 0 Å². The molecule has 0 saturated carbocycles. The fourth-order valence-electron chi connectivity index (χ4n) is 3.12. The van der Waals surface area contributed by atoms with Gasteiger partial charge in [-0.05, 0) is 49.7 Å². The molecule has 176 valence electrons. The molecule has 4 aromatic rings.